The predicted octanol–water partition coefficient (Wildman–Crippen LogP) is 3.71. The summed E-state index contributed by atoms with van der Waals surface area (Å²) in [5.41, 5.74) is 0. The monoisotopic (exact) mass is 265 g/mol. The lowest BCUT2D eigenvalue weighted by molar-refractivity contribution is 1.03. The molecular weight excluding hydrogens is 254 g/mol. The molecule has 88 valence electrons. The van der Waals surface area contributed by atoms with Crippen LogP contribution in [0, 0.1) is 0 Å². The van der Waals surface area contributed by atoms with Crippen LogP contribution in [0.4, 0.5) is 5.82 Å². The van der Waals surface area contributed by atoms with Crippen LogP contribution in [-0.2, 0) is 0 Å². The van der Waals surface area contributed by atoms with Gasteiger partial charge in [-0.25, -0.2) is 9.97 Å². The van der Waals surface area contributed by atoms with Crippen molar-refractivity contribution in [1.29, 1.82) is 0 Å². The molecule has 0 saturated carbocycles. The van der Waals surface area contributed by atoms with Gasteiger partial charge in [-0.05, 0) is 31.2 Å². The Morgan fingerprint density at radius 2 is 2.00 bits per heavy atom. The number of benzene rings is 1. The van der Waals surface area contributed by atoms with E-state index >= 15 is 0 Å². The minimum atomic E-state index is 0.741. The molecule has 0 saturated heterocycles. The van der Waals surface area contributed by atoms with E-state index in [4.69, 9.17) is 11.6 Å². The van der Waals surface area contributed by atoms with Crippen LogP contribution in [0.25, 0.3) is 0 Å². The van der Waals surface area contributed by atoms with E-state index in [1.54, 1.807) is 18.1 Å². The van der Waals surface area contributed by atoms with Crippen LogP contribution >= 0.6 is 23.4 Å². The summed E-state index contributed by atoms with van der Waals surface area (Å²) in [6, 6.07) is 9.62. The van der Waals surface area contributed by atoms with Gasteiger partial charge < -0.3 is 5.32 Å². The number of hydrogen-bond donors (Lipinski definition) is 1. The maximum absolute atomic E-state index is 5.84. The number of hydrogen-bond acceptors (Lipinski definition) is 4. The normalized spacial score (nSPS) is 10.2. The average molecular weight is 266 g/mol. The van der Waals surface area contributed by atoms with Crippen molar-refractivity contribution < 1.29 is 0 Å². The molecule has 0 aliphatic carbocycles. The minimum absolute atomic E-state index is 0.741. The molecule has 1 N–H and O–H groups in total. The number of aromatic nitrogens is 2. The molecule has 1 aromatic carbocycles. The van der Waals surface area contributed by atoms with Gasteiger partial charge in [-0.2, -0.15) is 0 Å². The summed E-state index contributed by atoms with van der Waals surface area (Å²) >= 11 is 7.42. The molecule has 0 amide bonds. The minimum Gasteiger partial charge on any atom is -0.370 e. The van der Waals surface area contributed by atoms with Crippen molar-refractivity contribution in [1.82, 2.24) is 9.97 Å². The smallest absolute Gasteiger partial charge is 0.130 e. The number of rotatable bonds is 4. The second kappa shape index (κ2) is 5.89. The summed E-state index contributed by atoms with van der Waals surface area (Å²) in [5, 5.41) is 4.81. The van der Waals surface area contributed by atoms with Gasteiger partial charge in [0.25, 0.3) is 0 Å². The van der Waals surface area contributed by atoms with Crippen LogP contribution in [0.5, 0.6) is 0 Å². The molecule has 0 fully saturated rings. The zero-order valence-electron chi connectivity index (χ0n) is 9.35. The van der Waals surface area contributed by atoms with Crippen molar-refractivity contribution in [2.45, 2.75) is 16.8 Å². The van der Waals surface area contributed by atoms with E-state index in [9.17, 15) is 0 Å². The van der Waals surface area contributed by atoms with E-state index in [0.29, 0.717) is 0 Å². The van der Waals surface area contributed by atoms with Crippen LogP contribution in [0.1, 0.15) is 6.92 Å². The first-order valence-corrected chi connectivity index (χ1v) is 6.46. The van der Waals surface area contributed by atoms with E-state index in [1.165, 1.54) is 0 Å². The molecule has 0 unspecified atom stereocenters. The first kappa shape index (κ1) is 12.2. The fourth-order valence-electron chi connectivity index (χ4n) is 1.30. The standard InChI is InChI=1S/C12H12ClN3S/c1-2-14-11-7-12(16-8-15-11)17-10-5-3-9(13)4-6-10/h3-8H,2H2,1H3,(H,14,15,16). The van der Waals surface area contributed by atoms with Crippen molar-refractivity contribution in [3.8, 4) is 0 Å². The third-order valence-corrected chi connectivity index (χ3v) is 3.23. The summed E-state index contributed by atoms with van der Waals surface area (Å²) in [4.78, 5) is 9.45. The average Bonchev–Trinajstić information content (AvgIpc) is 2.33. The molecule has 2 rings (SSSR count). The highest BCUT2D eigenvalue weighted by atomic mass is 35.5. The quantitative estimate of drug-likeness (QED) is 0.855. The SMILES string of the molecule is CCNc1cc(Sc2ccc(Cl)cc2)ncn1. The Bertz CT molecular complexity index is 487. The van der Waals surface area contributed by atoms with Gasteiger partial charge >= 0.3 is 0 Å². The van der Waals surface area contributed by atoms with Gasteiger partial charge in [-0.15, -0.1) is 0 Å². The van der Waals surface area contributed by atoms with Gasteiger partial charge in [0.05, 0.1) is 0 Å². The third kappa shape index (κ3) is 3.61. The van der Waals surface area contributed by atoms with Gasteiger partial charge in [0.2, 0.25) is 0 Å². The lowest BCUT2D eigenvalue weighted by atomic mass is 10.4. The Morgan fingerprint density at radius 3 is 2.71 bits per heavy atom. The molecule has 0 radical (unpaired) electrons. The van der Waals surface area contributed by atoms with Gasteiger partial charge in [-0.3, -0.25) is 0 Å². The third-order valence-electron chi connectivity index (χ3n) is 2.04. The molecule has 17 heavy (non-hydrogen) atoms. The Morgan fingerprint density at radius 1 is 1.24 bits per heavy atom. The number of nitrogens with zero attached hydrogens (tertiary/aromatic N) is 2. The fraction of sp³-hybridized carbons (Fsp3) is 0.167. The Kier molecular flexibility index (Phi) is 4.23. The van der Waals surface area contributed by atoms with Crippen molar-refractivity contribution in [3.05, 3.63) is 41.7 Å². The maximum Gasteiger partial charge on any atom is 0.130 e. The Labute approximate surface area is 110 Å². The summed E-state index contributed by atoms with van der Waals surface area (Å²) in [5.74, 6) is 0.846. The van der Waals surface area contributed by atoms with Crippen LogP contribution in [0.15, 0.2) is 46.6 Å². The Balaban J connectivity index is 2.12. The van der Waals surface area contributed by atoms with Gasteiger partial charge in [0.15, 0.2) is 0 Å². The molecule has 0 aliphatic heterocycles. The number of halogens is 1. The molecule has 5 heteroatoms. The van der Waals surface area contributed by atoms with Crippen molar-refractivity contribution in [3.63, 3.8) is 0 Å². The summed E-state index contributed by atoms with van der Waals surface area (Å²) in [6.45, 7) is 2.89. The van der Waals surface area contributed by atoms with Gasteiger partial charge in [0.1, 0.15) is 17.2 Å². The molecule has 1 aromatic heterocycles. The number of nitrogens with one attached hydrogen (secondary N) is 1. The highest BCUT2D eigenvalue weighted by Crippen LogP contribution is 2.27. The largest absolute Gasteiger partial charge is 0.370 e. The van der Waals surface area contributed by atoms with Gasteiger partial charge in [0, 0.05) is 22.5 Å². The highest BCUT2D eigenvalue weighted by Gasteiger charge is 2.01. The maximum atomic E-state index is 5.84. The molecular formula is C12H12ClN3S. The van der Waals surface area contributed by atoms with E-state index in [0.717, 1.165) is 27.3 Å². The van der Waals surface area contributed by atoms with Crippen LogP contribution in [0.2, 0.25) is 5.02 Å². The zero-order chi connectivity index (χ0) is 12.1. The van der Waals surface area contributed by atoms with Crippen molar-refractivity contribution in [2.24, 2.45) is 0 Å². The predicted molar refractivity (Wildman–Crippen MR) is 71.8 cm³/mol. The van der Waals surface area contributed by atoms with Crippen LogP contribution in [0.3, 0.4) is 0 Å². The lowest BCUT2D eigenvalue weighted by Crippen LogP contribution is -1.99. The van der Waals surface area contributed by atoms with Gasteiger partial charge in [-0.1, -0.05) is 23.4 Å². The molecule has 0 atom stereocenters. The second-order valence-corrected chi connectivity index (χ2v) is 4.86. The summed E-state index contributed by atoms with van der Waals surface area (Å²) in [6.07, 6.45) is 1.57. The highest BCUT2D eigenvalue weighted by molar-refractivity contribution is 7.99. The van der Waals surface area contributed by atoms with Crippen molar-refractivity contribution >= 4 is 29.2 Å². The molecule has 3 nitrogen and oxygen atoms in total. The topological polar surface area (TPSA) is 37.8 Å². The van der Waals surface area contributed by atoms with E-state index in [1.807, 2.05) is 37.3 Å². The summed E-state index contributed by atoms with van der Waals surface area (Å²) < 4.78 is 0. The van der Waals surface area contributed by atoms with E-state index < -0.39 is 0 Å². The molecule has 2 aromatic rings. The summed E-state index contributed by atoms with van der Waals surface area (Å²) in [7, 11) is 0. The number of anilines is 1. The fourth-order valence-corrected chi connectivity index (χ4v) is 2.21. The molecule has 1 heterocycles. The Hall–Kier alpha value is -1.26. The van der Waals surface area contributed by atoms with Crippen molar-refractivity contribution in [2.75, 3.05) is 11.9 Å². The van der Waals surface area contributed by atoms with Crippen LogP contribution < -0.4 is 5.32 Å². The molecule has 0 bridgehead atoms. The zero-order valence-corrected chi connectivity index (χ0v) is 10.9. The molecule has 0 aliphatic rings. The first-order valence-electron chi connectivity index (χ1n) is 5.27. The molecule has 0 spiro atoms. The second-order valence-electron chi connectivity index (χ2n) is 3.33. The first-order chi connectivity index (χ1) is 8.28. The van der Waals surface area contributed by atoms with E-state index in [-0.39, 0.29) is 0 Å². The lowest BCUT2D eigenvalue weighted by Gasteiger charge is -2.04. The van der Waals surface area contributed by atoms with Crippen LogP contribution in [-0.4, -0.2) is 16.5 Å². The van der Waals surface area contributed by atoms with E-state index in [2.05, 4.69) is 15.3 Å².